The number of pyridine rings is 1. The average Bonchev–Trinajstić information content (AvgIpc) is 2.65. The van der Waals surface area contributed by atoms with Crippen molar-refractivity contribution in [1.82, 2.24) is 9.38 Å². The number of aromatic nitrogens is 2. The van der Waals surface area contributed by atoms with Crippen LogP contribution in [0.15, 0.2) is 36.5 Å². The number of hydrogen-bond donors (Lipinski definition) is 1. The largest absolute Gasteiger partial charge is 0.492 e. The van der Waals surface area contributed by atoms with Crippen LogP contribution in [0.5, 0.6) is 5.88 Å². The van der Waals surface area contributed by atoms with E-state index in [-0.39, 0.29) is 17.4 Å². The fourth-order valence-electron chi connectivity index (χ4n) is 2.08. The van der Waals surface area contributed by atoms with Gasteiger partial charge in [-0.25, -0.2) is 0 Å². The summed E-state index contributed by atoms with van der Waals surface area (Å²) in [5.74, 6) is -0.417. The summed E-state index contributed by atoms with van der Waals surface area (Å²) in [6.07, 6.45) is 1.75. The second-order valence-corrected chi connectivity index (χ2v) is 3.94. The Balaban J connectivity index is 2.53. The van der Waals surface area contributed by atoms with E-state index in [1.807, 2.05) is 30.3 Å². The lowest BCUT2D eigenvalue weighted by Crippen LogP contribution is -1.98. The van der Waals surface area contributed by atoms with E-state index >= 15 is 0 Å². The van der Waals surface area contributed by atoms with Gasteiger partial charge in [0.05, 0.1) is 0 Å². The highest BCUT2D eigenvalue weighted by molar-refractivity contribution is 6.00. The Labute approximate surface area is 97.1 Å². The highest BCUT2D eigenvalue weighted by Gasteiger charge is 2.16. The Kier molecular flexibility index (Phi) is 1.92. The van der Waals surface area contributed by atoms with Gasteiger partial charge in [-0.2, -0.15) is 4.98 Å². The molecule has 0 bridgehead atoms. The predicted molar refractivity (Wildman–Crippen MR) is 64.4 cm³/mol. The molecule has 0 atom stereocenters. The maximum atomic E-state index is 11.5. The van der Waals surface area contributed by atoms with Gasteiger partial charge in [0.1, 0.15) is 5.65 Å². The van der Waals surface area contributed by atoms with Crippen molar-refractivity contribution in [2.45, 2.75) is 6.92 Å². The summed E-state index contributed by atoms with van der Waals surface area (Å²) in [5, 5.41) is 11.7. The first-order chi connectivity index (χ1) is 8.18. The molecular formula is C13H10N2O2. The molecule has 0 amide bonds. The summed E-state index contributed by atoms with van der Waals surface area (Å²) >= 11 is 0. The van der Waals surface area contributed by atoms with E-state index in [1.54, 1.807) is 10.6 Å². The van der Waals surface area contributed by atoms with Crippen molar-refractivity contribution in [3.8, 4) is 5.88 Å². The number of hydrogen-bond acceptors (Lipinski definition) is 3. The van der Waals surface area contributed by atoms with Crippen LogP contribution in [0, 0.1) is 0 Å². The number of rotatable bonds is 1. The first-order valence-corrected chi connectivity index (χ1v) is 5.28. The Hall–Kier alpha value is -2.36. The molecule has 1 aromatic carbocycles. The van der Waals surface area contributed by atoms with Crippen LogP contribution >= 0.6 is 0 Å². The van der Waals surface area contributed by atoms with Crippen molar-refractivity contribution in [2.75, 3.05) is 0 Å². The SMILES string of the molecule is CC(=O)c1c(O)nc2c3ccccc3ccn12. The molecular weight excluding hydrogens is 216 g/mol. The van der Waals surface area contributed by atoms with Crippen molar-refractivity contribution in [1.29, 1.82) is 0 Å². The Morgan fingerprint density at radius 3 is 2.82 bits per heavy atom. The second-order valence-electron chi connectivity index (χ2n) is 3.94. The van der Waals surface area contributed by atoms with Gasteiger partial charge in [0.25, 0.3) is 0 Å². The first kappa shape index (κ1) is 9.84. The van der Waals surface area contributed by atoms with E-state index in [4.69, 9.17) is 0 Å². The van der Waals surface area contributed by atoms with E-state index in [1.165, 1.54) is 6.92 Å². The molecule has 0 spiro atoms. The Bertz CT molecular complexity index is 744. The molecule has 0 aliphatic carbocycles. The second kappa shape index (κ2) is 3.31. The van der Waals surface area contributed by atoms with E-state index < -0.39 is 0 Å². The molecule has 1 N–H and O–H groups in total. The normalized spacial score (nSPS) is 11.1. The van der Waals surface area contributed by atoms with Gasteiger partial charge in [-0.1, -0.05) is 24.3 Å². The Morgan fingerprint density at radius 1 is 1.29 bits per heavy atom. The van der Waals surface area contributed by atoms with E-state index in [2.05, 4.69) is 4.98 Å². The predicted octanol–water partition coefficient (Wildman–Crippen LogP) is 2.40. The summed E-state index contributed by atoms with van der Waals surface area (Å²) in [6.45, 7) is 1.42. The van der Waals surface area contributed by atoms with Crippen LogP contribution in [0.3, 0.4) is 0 Å². The number of aromatic hydroxyl groups is 1. The summed E-state index contributed by atoms with van der Waals surface area (Å²) in [6, 6.07) is 9.63. The van der Waals surface area contributed by atoms with Crippen LogP contribution in [-0.2, 0) is 0 Å². The number of nitrogens with zero attached hydrogens (tertiary/aromatic N) is 2. The molecule has 0 saturated heterocycles. The average molecular weight is 226 g/mol. The number of carbonyl (C=O) groups excluding carboxylic acids is 1. The van der Waals surface area contributed by atoms with Gasteiger partial charge in [0, 0.05) is 18.5 Å². The topological polar surface area (TPSA) is 54.6 Å². The van der Waals surface area contributed by atoms with Crippen LogP contribution in [-0.4, -0.2) is 20.3 Å². The molecule has 0 radical (unpaired) electrons. The lowest BCUT2D eigenvalue weighted by molar-refractivity contribution is 0.100. The van der Waals surface area contributed by atoms with Gasteiger partial charge in [0.2, 0.25) is 5.88 Å². The quantitative estimate of drug-likeness (QED) is 0.648. The number of benzene rings is 1. The van der Waals surface area contributed by atoms with Gasteiger partial charge in [-0.15, -0.1) is 0 Å². The smallest absolute Gasteiger partial charge is 0.241 e. The maximum absolute atomic E-state index is 11.5. The molecule has 4 heteroatoms. The molecule has 2 aromatic heterocycles. The highest BCUT2D eigenvalue weighted by atomic mass is 16.3. The monoisotopic (exact) mass is 226 g/mol. The number of Topliss-reactive ketones (excluding diaryl/α,β-unsaturated/α-hetero) is 1. The minimum absolute atomic E-state index is 0.203. The minimum atomic E-state index is -0.214. The number of carbonyl (C=O) groups is 1. The third kappa shape index (κ3) is 1.30. The summed E-state index contributed by atoms with van der Waals surface area (Å²) in [7, 11) is 0. The van der Waals surface area contributed by atoms with Crippen molar-refractivity contribution >= 4 is 22.2 Å². The third-order valence-electron chi connectivity index (χ3n) is 2.83. The molecule has 0 aliphatic rings. The molecule has 84 valence electrons. The van der Waals surface area contributed by atoms with Gasteiger partial charge in [-0.05, 0) is 11.5 Å². The molecule has 0 aliphatic heterocycles. The molecule has 0 fully saturated rings. The zero-order valence-corrected chi connectivity index (χ0v) is 9.21. The summed E-state index contributed by atoms with van der Waals surface area (Å²) < 4.78 is 1.62. The van der Waals surface area contributed by atoms with Gasteiger partial charge in [0.15, 0.2) is 11.5 Å². The van der Waals surface area contributed by atoms with Gasteiger partial charge >= 0.3 is 0 Å². The zero-order valence-electron chi connectivity index (χ0n) is 9.21. The van der Waals surface area contributed by atoms with E-state index in [0.29, 0.717) is 5.65 Å². The van der Waals surface area contributed by atoms with Crippen molar-refractivity contribution in [3.63, 3.8) is 0 Å². The van der Waals surface area contributed by atoms with Crippen molar-refractivity contribution < 1.29 is 9.90 Å². The molecule has 2 heterocycles. The standard InChI is InChI=1S/C13H10N2O2/c1-8(16)11-13(17)14-12-10-5-3-2-4-9(10)6-7-15(11)12/h2-7,17H,1H3. The van der Waals surface area contributed by atoms with Crippen LogP contribution < -0.4 is 0 Å². The molecule has 3 rings (SSSR count). The van der Waals surface area contributed by atoms with E-state index in [9.17, 15) is 9.90 Å². The fraction of sp³-hybridized carbons (Fsp3) is 0.0769. The fourth-order valence-corrected chi connectivity index (χ4v) is 2.08. The van der Waals surface area contributed by atoms with Crippen molar-refractivity contribution in [3.05, 3.63) is 42.2 Å². The first-order valence-electron chi connectivity index (χ1n) is 5.28. The van der Waals surface area contributed by atoms with Gasteiger partial charge < -0.3 is 5.11 Å². The number of ketones is 1. The zero-order chi connectivity index (χ0) is 12.0. The Morgan fingerprint density at radius 2 is 2.06 bits per heavy atom. The maximum Gasteiger partial charge on any atom is 0.241 e. The molecule has 17 heavy (non-hydrogen) atoms. The summed E-state index contributed by atoms with van der Waals surface area (Å²) in [4.78, 5) is 15.5. The number of imidazole rings is 1. The number of fused-ring (bicyclic) bond motifs is 3. The minimum Gasteiger partial charge on any atom is -0.492 e. The van der Waals surface area contributed by atoms with Gasteiger partial charge in [-0.3, -0.25) is 9.20 Å². The van der Waals surface area contributed by atoms with E-state index in [0.717, 1.165) is 10.8 Å². The lowest BCUT2D eigenvalue weighted by Gasteiger charge is -2.01. The third-order valence-corrected chi connectivity index (χ3v) is 2.83. The lowest BCUT2D eigenvalue weighted by atomic mass is 10.2. The van der Waals surface area contributed by atoms with Crippen LogP contribution in [0.25, 0.3) is 16.4 Å². The molecule has 4 nitrogen and oxygen atoms in total. The van der Waals surface area contributed by atoms with Crippen molar-refractivity contribution in [2.24, 2.45) is 0 Å². The molecule has 3 aromatic rings. The van der Waals surface area contributed by atoms with Crippen LogP contribution in [0.1, 0.15) is 17.4 Å². The summed E-state index contributed by atoms with van der Waals surface area (Å²) in [5.41, 5.74) is 0.830. The molecule has 0 saturated carbocycles. The highest BCUT2D eigenvalue weighted by Crippen LogP contribution is 2.25. The van der Waals surface area contributed by atoms with Crippen LogP contribution in [0.4, 0.5) is 0 Å². The van der Waals surface area contributed by atoms with Crippen LogP contribution in [0.2, 0.25) is 0 Å². The molecule has 0 unspecified atom stereocenters.